The lowest BCUT2D eigenvalue weighted by Crippen LogP contribution is -2.21. The molecule has 0 aromatic heterocycles. The van der Waals surface area contributed by atoms with Gasteiger partial charge in [-0.25, -0.2) is 0 Å². The summed E-state index contributed by atoms with van der Waals surface area (Å²) in [6, 6.07) is 12.5. The summed E-state index contributed by atoms with van der Waals surface area (Å²) in [6.07, 6.45) is 3.91. The number of carbonyl (C=O) groups is 2. The Labute approximate surface area is 129 Å². The van der Waals surface area contributed by atoms with Gasteiger partial charge in [-0.05, 0) is 19.7 Å². The fraction of sp³-hybridized carbons (Fsp3) is 0.158. The van der Waals surface area contributed by atoms with Crippen molar-refractivity contribution in [2.75, 3.05) is 20.6 Å². The van der Waals surface area contributed by atoms with Crippen molar-refractivity contribution in [3.05, 3.63) is 76.4 Å². The van der Waals surface area contributed by atoms with Crippen LogP contribution in [0.2, 0.25) is 0 Å². The van der Waals surface area contributed by atoms with Crippen molar-refractivity contribution in [1.82, 2.24) is 4.90 Å². The molecule has 0 heterocycles. The van der Waals surface area contributed by atoms with Crippen molar-refractivity contribution < 1.29 is 9.59 Å². The van der Waals surface area contributed by atoms with Crippen LogP contribution in [0, 0.1) is 0 Å². The molecule has 0 aliphatic heterocycles. The molecule has 22 heavy (non-hydrogen) atoms. The quantitative estimate of drug-likeness (QED) is 0.744. The van der Waals surface area contributed by atoms with E-state index in [0.29, 0.717) is 22.3 Å². The van der Waals surface area contributed by atoms with Crippen molar-refractivity contribution >= 4 is 17.6 Å². The second kappa shape index (κ2) is 5.70. The van der Waals surface area contributed by atoms with Crippen LogP contribution in [0.5, 0.6) is 0 Å². The summed E-state index contributed by atoms with van der Waals surface area (Å²) in [5.74, 6) is -0.150. The number of likely N-dealkylation sites (N-methyl/N-ethyl adjacent to an activating group) is 1. The smallest absolute Gasteiger partial charge is 0.195 e. The Morgan fingerprint density at radius 2 is 1.50 bits per heavy atom. The van der Waals surface area contributed by atoms with Crippen LogP contribution >= 0.6 is 0 Å². The molecule has 2 aromatic carbocycles. The van der Waals surface area contributed by atoms with Gasteiger partial charge in [0.1, 0.15) is 0 Å². The van der Waals surface area contributed by atoms with Gasteiger partial charge in [0.2, 0.25) is 0 Å². The number of benzene rings is 2. The Morgan fingerprint density at radius 3 is 2.18 bits per heavy atom. The largest absolute Gasteiger partial charge is 0.306 e. The zero-order chi connectivity index (χ0) is 15.7. The van der Waals surface area contributed by atoms with Crippen molar-refractivity contribution in [3.8, 4) is 0 Å². The Kier molecular flexibility index (Phi) is 3.73. The van der Waals surface area contributed by atoms with Gasteiger partial charge in [0, 0.05) is 28.8 Å². The van der Waals surface area contributed by atoms with Crippen molar-refractivity contribution in [2.45, 2.75) is 0 Å². The van der Waals surface area contributed by atoms with Crippen molar-refractivity contribution in [3.63, 3.8) is 0 Å². The Hall–Kier alpha value is -2.52. The predicted octanol–water partition coefficient (Wildman–Crippen LogP) is 3.04. The summed E-state index contributed by atoms with van der Waals surface area (Å²) in [5.41, 5.74) is 2.80. The third-order valence-electron chi connectivity index (χ3n) is 3.75. The molecule has 3 rings (SSSR count). The van der Waals surface area contributed by atoms with Gasteiger partial charge in [-0.1, -0.05) is 54.6 Å². The van der Waals surface area contributed by atoms with Gasteiger partial charge in [0.05, 0.1) is 0 Å². The number of carbonyl (C=O) groups excluding carboxylic acids is 2. The number of rotatable bonds is 3. The second-order valence-corrected chi connectivity index (χ2v) is 5.64. The van der Waals surface area contributed by atoms with Gasteiger partial charge in [-0.15, -0.1) is 0 Å². The lowest BCUT2D eigenvalue weighted by Gasteiger charge is -2.19. The average molecular weight is 291 g/mol. The highest BCUT2D eigenvalue weighted by atomic mass is 16.1. The third kappa shape index (κ3) is 2.40. The standard InChI is InChI=1S/C19H17NO2/c1-20(2)12-6-8-13-7-5-11-16-17(13)19(22)15-10-4-3-9-14(15)18(16)21/h3-11H,12H2,1-2H3. The summed E-state index contributed by atoms with van der Waals surface area (Å²) >= 11 is 0. The van der Waals surface area contributed by atoms with Gasteiger partial charge in [0.25, 0.3) is 0 Å². The zero-order valence-electron chi connectivity index (χ0n) is 12.7. The minimum absolute atomic E-state index is 0.0738. The molecule has 110 valence electrons. The Balaban J connectivity index is 2.11. The highest BCUT2D eigenvalue weighted by molar-refractivity contribution is 6.29. The summed E-state index contributed by atoms with van der Waals surface area (Å²) in [4.78, 5) is 27.4. The first-order chi connectivity index (χ1) is 10.6. The highest BCUT2D eigenvalue weighted by Crippen LogP contribution is 2.29. The number of ketones is 2. The monoisotopic (exact) mass is 291 g/mol. The first kappa shape index (κ1) is 14.4. The maximum Gasteiger partial charge on any atom is 0.195 e. The molecule has 0 amide bonds. The van der Waals surface area contributed by atoms with E-state index < -0.39 is 0 Å². The van der Waals surface area contributed by atoms with Crippen LogP contribution in [0.25, 0.3) is 6.08 Å². The molecule has 0 unspecified atom stereocenters. The van der Waals surface area contributed by atoms with E-state index in [2.05, 4.69) is 0 Å². The van der Waals surface area contributed by atoms with Gasteiger partial charge in [-0.2, -0.15) is 0 Å². The van der Waals surface area contributed by atoms with Gasteiger partial charge in [-0.3, -0.25) is 9.59 Å². The second-order valence-electron chi connectivity index (χ2n) is 5.64. The van der Waals surface area contributed by atoms with Gasteiger partial charge < -0.3 is 4.90 Å². The van der Waals surface area contributed by atoms with E-state index in [1.54, 1.807) is 30.3 Å². The van der Waals surface area contributed by atoms with Crippen molar-refractivity contribution in [1.29, 1.82) is 0 Å². The Morgan fingerprint density at radius 1 is 0.864 bits per heavy atom. The lowest BCUT2D eigenvalue weighted by atomic mass is 9.82. The van der Waals surface area contributed by atoms with Crippen LogP contribution in [0.1, 0.15) is 37.4 Å². The maximum atomic E-state index is 12.8. The molecule has 0 fully saturated rings. The normalized spacial score (nSPS) is 13.6. The molecule has 0 saturated carbocycles. The molecule has 3 nitrogen and oxygen atoms in total. The highest BCUT2D eigenvalue weighted by Gasteiger charge is 2.30. The van der Waals surface area contributed by atoms with E-state index in [4.69, 9.17) is 0 Å². The molecule has 1 aliphatic rings. The van der Waals surface area contributed by atoms with Crippen LogP contribution in [0.15, 0.2) is 48.5 Å². The molecule has 1 aliphatic carbocycles. The maximum absolute atomic E-state index is 12.8. The minimum Gasteiger partial charge on any atom is -0.306 e. The summed E-state index contributed by atoms with van der Waals surface area (Å²) in [6.45, 7) is 0.780. The first-order valence-corrected chi connectivity index (χ1v) is 7.22. The molecule has 0 saturated heterocycles. The van der Waals surface area contributed by atoms with Gasteiger partial charge in [0.15, 0.2) is 11.6 Å². The van der Waals surface area contributed by atoms with Crippen LogP contribution < -0.4 is 0 Å². The zero-order valence-corrected chi connectivity index (χ0v) is 12.7. The molecule has 0 spiro atoms. The fourth-order valence-electron chi connectivity index (χ4n) is 2.70. The van der Waals surface area contributed by atoms with Crippen molar-refractivity contribution in [2.24, 2.45) is 0 Å². The number of hydrogen-bond acceptors (Lipinski definition) is 3. The summed E-state index contributed by atoms with van der Waals surface area (Å²) < 4.78 is 0. The number of hydrogen-bond donors (Lipinski definition) is 0. The molecule has 0 radical (unpaired) electrons. The lowest BCUT2D eigenvalue weighted by molar-refractivity contribution is 0.0979. The molecule has 2 aromatic rings. The third-order valence-corrected chi connectivity index (χ3v) is 3.75. The molecule has 0 N–H and O–H groups in total. The number of fused-ring (bicyclic) bond motifs is 2. The van der Waals surface area contributed by atoms with E-state index in [0.717, 1.165) is 12.1 Å². The summed E-state index contributed by atoms with van der Waals surface area (Å²) in [5, 5.41) is 0. The molecule has 0 bridgehead atoms. The van der Waals surface area contributed by atoms with E-state index >= 15 is 0 Å². The Bertz CT molecular complexity index is 788. The van der Waals surface area contributed by atoms with Crippen LogP contribution in [-0.2, 0) is 0 Å². The predicted molar refractivity (Wildman–Crippen MR) is 87.3 cm³/mol. The van der Waals surface area contributed by atoms with E-state index in [-0.39, 0.29) is 11.6 Å². The van der Waals surface area contributed by atoms with E-state index in [9.17, 15) is 9.59 Å². The SMILES string of the molecule is CN(C)CC=Cc1cccc2c1C(=O)c1ccccc1C2=O. The topological polar surface area (TPSA) is 37.4 Å². The van der Waals surface area contributed by atoms with E-state index in [1.807, 2.05) is 43.3 Å². The van der Waals surface area contributed by atoms with Crippen LogP contribution in [0.3, 0.4) is 0 Å². The number of nitrogens with zero attached hydrogens (tertiary/aromatic N) is 1. The van der Waals surface area contributed by atoms with Crippen LogP contribution in [-0.4, -0.2) is 37.1 Å². The average Bonchev–Trinajstić information content (AvgIpc) is 2.52. The molecule has 0 atom stereocenters. The molecular formula is C19H17NO2. The van der Waals surface area contributed by atoms with Gasteiger partial charge >= 0.3 is 0 Å². The molecular weight excluding hydrogens is 274 g/mol. The van der Waals surface area contributed by atoms with E-state index in [1.165, 1.54) is 0 Å². The fourth-order valence-corrected chi connectivity index (χ4v) is 2.70. The minimum atomic E-state index is -0.0759. The van der Waals surface area contributed by atoms with Crippen LogP contribution in [0.4, 0.5) is 0 Å². The summed E-state index contributed by atoms with van der Waals surface area (Å²) in [7, 11) is 3.96. The first-order valence-electron chi connectivity index (χ1n) is 7.22. The molecule has 3 heteroatoms.